The molecule has 0 spiro atoms. The molecule has 3 rings (SSSR count). The van der Waals surface area contributed by atoms with Gasteiger partial charge < -0.3 is 24.9 Å². The van der Waals surface area contributed by atoms with E-state index in [0.717, 1.165) is 11.1 Å². The molecular formula is C18H17O6P. The van der Waals surface area contributed by atoms with E-state index < -0.39 is 7.82 Å². The molecule has 0 saturated carbocycles. The quantitative estimate of drug-likeness (QED) is 0.353. The van der Waals surface area contributed by atoms with Crippen molar-refractivity contribution in [1.82, 2.24) is 0 Å². The topological polar surface area (TPSA) is 118 Å². The molecule has 0 aromatic heterocycles. The maximum atomic E-state index is 10.2. The highest BCUT2D eigenvalue weighted by atomic mass is 31.2. The lowest BCUT2D eigenvalue weighted by Gasteiger charge is -2.14. The Morgan fingerprint density at radius 2 is 0.840 bits per heavy atom. The molecule has 0 aliphatic heterocycles. The second-order valence-corrected chi connectivity index (χ2v) is 6.13. The number of aromatic hydroxyl groups is 2. The van der Waals surface area contributed by atoms with Crippen LogP contribution in [0.3, 0.4) is 0 Å². The Morgan fingerprint density at radius 1 is 0.560 bits per heavy atom. The molecule has 25 heavy (non-hydrogen) atoms. The van der Waals surface area contributed by atoms with Crippen LogP contribution in [0, 0.1) is 0 Å². The van der Waals surface area contributed by atoms with Gasteiger partial charge in [0, 0.05) is 11.1 Å². The van der Waals surface area contributed by atoms with Gasteiger partial charge in [-0.3, -0.25) is 0 Å². The van der Waals surface area contributed by atoms with Gasteiger partial charge in [0.25, 0.3) is 0 Å². The maximum Gasteiger partial charge on any atom is 0.466 e. The minimum atomic E-state index is -4.64. The first-order chi connectivity index (χ1) is 11.8. The van der Waals surface area contributed by atoms with Gasteiger partial charge >= 0.3 is 7.82 Å². The maximum absolute atomic E-state index is 10.2. The lowest BCUT2D eigenvalue weighted by atomic mass is 9.93. The summed E-state index contributed by atoms with van der Waals surface area (Å²) >= 11 is 0. The lowest BCUT2D eigenvalue weighted by Crippen LogP contribution is -1.87. The first-order valence-electron chi connectivity index (χ1n) is 7.21. The van der Waals surface area contributed by atoms with Gasteiger partial charge in [0.2, 0.25) is 0 Å². The van der Waals surface area contributed by atoms with Gasteiger partial charge in [-0.05, 0) is 23.3 Å². The zero-order valence-electron chi connectivity index (χ0n) is 13.0. The lowest BCUT2D eigenvalue weighted by molar-refractivity contribution is 0.275. The van der Waals surface area contributed by atoms with E-state index in [1.807, 2.05) is 60.7 Å². The van der Waals surface area contributed by atoms with Crippen molar-refractivity contribution in [2.75, 3.05) is 0 Å². The Bertz CT molecular complexity index is 802. The fourth-order valence-electron chi connectivity index (χ4n) is 2.37. The Labute approximate surface area is 144 Å². The summed E-state index contributed by atoms with van der Waals surface area (Å²) in [6, 6.07) is 22.2. The zero-order chi connectivity index (χ0) is 18.4. The second kappa shape index (κ2) is 7.96. The minimum absolute atomic E-state index is 0.160. The van der Waals surface area contributed by atoms with Crippen LogP contribution in [0.15, 0.2) is 72.8 Å². The van der Waals surface area contributed by atoms with Gasteiger partial charge in [0.05, 0.1) is 0 Å². The van der Waals surface area contributed by atoms with E-state index in [2.05, 4.69) is 0 Å². The van der Waals surface area contributed by atoms with Crippen LogP contribution in [0.4, 0.5) is 0 Å². The zero-order valence-corrected chi connectivity index (χ0v) is 13.9. The molecule has 0 aliphatic carbocycles. The number of rotatable bonds is 2. The van der Waals surface area contributed by atoms with Gasteiger partial charge in [0.15, 0.2) is 0 Å². The summed E-state index contributed by atoms with van der Waals surface area (Å²) in [6.45, 7) is 0. The van der Waals surface area contributed by atoms with Crippen LogP contribution in [0.2, 0.25) is 0 Å². The van der Waals surface area contributed by atoms with Crippen molar-refractivity contribution in [2.45, 2.75) is 0 Å². The first kappa shape index (κ1) is 18.7. The molecular weight excluding hydrogens is 343 g/mol. The van der Waals surface area contributed by atoms with E-state index in [1.54, 1.807) is 0 Å². The van der Waals surface area contributed by atoms with Crippen molar-refractivity contribution >= 4 is 7.82 Å². The van der Waals surface area contributed by atoms with Crippen LogP contribution in [0.25, 0.3) is 22.3 Å². The van der Waals surface area contributed by atoms with Crippen LogP contribution in [-0.4, -0.2) is 24.9 Å². The minimum Gasteiger partial charge on any atom is -0.507 e. The van der Waals surface area contributed by atoms with Crippen molar-refractivity contribution in [1.29, 1.82) is 0 Å². The van der Waals surface area contributed by atoms with Crippen LogP contribution in [0.1, 0.15) is 0 Å². The number of hydrogen-bond donors (Lipinski definition) is 5. The number of phenols is 2. The van der Waals surface area contributed by atoms with Crippen molar-refractivity contribution in [2.24, 2.45) is 0 Å². The molecule has 0 unspecified atom stereocenters. The van der Waals surface area contributed by atoms with Crippen molar-refractivity contribution in [3.05, 3.63) is 72.8 Å². The number of phosphoric acid groups is 1. The smallest absolute Gasteiger partial charge is 0.466 e. The molecule has 0 saturated heterocycles. The molecule has 0 heterocycles. The van der Waals surface area contributed by atoms with Gasteiger partial charge in [-0.25, -0.2) is 4.57 Å². The Kier molecular flexibility index (Phi) is 5.96. The van der Waals surface area contributed by atoms with Crippen molar-refractivity contribution < 1.29 is 29.5 Å². The third-order valence-electron chi connectivity index (χ3n) is 3.29. The molecule has 3 aromatic carbocycles. The monoisotopic (exact) mass is 360 g/mol. The van der Waals surface area contributed by atoms with Gasteiger partial charge in [-0.2, -0.15) is 0 Å². The van der Waals surface area contributed by atoms with E-state index in [-0.39, 0.29) is 11.5 Å². The molecule has 0 radical (unpaired) electrons. The van der Waals surface area contributed by atoms with Crippen LogP contribution in [0.5, 0.6) is 11.5 Å². The fourth-order valence-corrected chi connectivity index (χ4v) is 2.37. The Balaban J connectivity index is 0.000000399. The number of hydrogen-bond acceptors (Lipinski definition) is 3. The summed E-state index contributed by atoms with van der Waals surface area (Å²) < 4.78 is 8.88. The predicted octanol–water partition coefficient (Wildman–Crippen LogP) is 3.50. The summed E-state index contributed by atoms with van der Waals surface area (Å²) in [5, 5.41) is 20.4. The molecule has 0 aliphatic rings. The average Bonchev–Trinajstić information content (AvgIpc) is 2.57. The molecule has 6 nitrogen and oxygen atoms in total. The van der Waals surface area contributed by atoms with E-state index in [9.17, 15) is 10.2 Å². The number of benzene rings is 3. The van der Waals surface area contributed by atoms with E-state index >= 15 is 0 Å². The van der Waals surface area contributed by atoms with E-state index in [4.69, 9.17) is 19.2 Å². The standard InChI is InChI=1S/C18H14O2.H3O4P/c19-15-11-12-16(20)18(14-9-5-2-6-10-14)17(15)13-7-3-1-4-8-13;1-5(2,3)4/h1-12,19-20H;(H3,1,2,3,4). The van der Waals surface area contributed by atoms with E-state index in [0.29, 0.717) is 11.1 Å². The normalized spacial score (nSPS) is 10.7. The van der Waals surface area contributed by atoms with Gasteiger partial charge in [-0.15, -0.1) is 0 Å². The summed E-state index contributed by atoms with van der Waals surface area (Å²) in [7, 11) is -4.64. The highest BCUT2D eigenvalue weighted by Crippen LogP contribution is 2.43. The summed E-state index contributed by atoms with van der Waals surface area (Å²) in [5.41, 5.74) is 3.05. The fraction of sp³-hybridized carbons (Fsp3) is 0. The average molecular weight is 360 g/mol. The summed E-state index contributed by atoms with van der Waals surface area (Å²) in [6.07, 6.45) is 0. The summed E-state index contributed by atoms with van der Waals surface area (Å²) in [4.78, 5) is 21.6. The van der Waals surface area contributed by atoms with Crippen LogP contribution in [-0.2, 0) is 4.57 Å². The van der Waals surface area contributed by atoms with Gasteiger partial charge in [0.1, 0.15) is 11.5 Å². The van der Waals surface area contributed by atoms with Crippen molar-refractivity contribution in [3.63, 3.8) is 0 Å². The largest absolute Gasteiger partial charge is 0.507 e. The molecule has 3 aromatic rings. The molecule has 0 amide bonds. The molecule has 0 bridgehead atoms. The molecule has 0 atom stereocenters. The third-order valence-corrected chi connectivity index (χ3v) is 3.29. The highest BCUT2D eigenvalue weighted by Gasteiger charge is 2.15. The summed E-state index contributed by atoms with van der Waals surface area (Å²) in [5.74, 6) is 0.320. The van der Waals surface area contributed by atoms with Crippen LogP contribution < -0.4 is 0 Å². The van der Waals surface area contributed by atoms with E-state index in [1.165, 1.54) is 12.1 Å². The molecule has 0 fully saturated rings. The van der Waals surface area contributed by atoms with Crippen molar-refractivity contribution in [3.8, 4) is 33.8 Å². The Morgan fingerprint density at radius 3 is 1.12 bits per heavy atom. The second-order valence-electron chi connectivity index (χ2n) is 5.10. The molecule has 7 heteroatoms. The predicted molar refractivity (Wildman–Crippen MR) is 94.9 cm³/mol. The highest BCUT2D eigenvalue weighted by molar-refractivity contribution is 7.45. The Hall–Kier alpha value is -2.63. The third kappa shape index (κ3) is 5.45. The van der Waals surface area contributed by atoms with Gasteiger partial charge in [-0.1, -0.05) is 60.7 Å². The number of phenolic OH excluding ortho intramolecular Hbond substituents is 2. The molecule has 130 valence electrons. The van der Waals surface area contributed by atoms with Crippen LogP contribution >= 0.6 is 7.82 Å². The molecule has 5 N–H and O–H groups in total. The first-order valence-corrected chi connectivity index (χ1v) is 8.78. The SMILES string of the molecule is O=P(O)(O)O.Oc1ccc(O)c(-c2ccccc2)c1-c1ccccc1.